The first-order valence-electron chi connectivity index (χ1n) is 6.34. The number of piperazine rings is 1. The lowest BCUT2D eigenvalue weighted by molar-refractivity contribution is -0.144. The Bertz CT molecular complexity index is 261. The Morgan fingerprint density at radius 3 is 2.12 bits per heavy atom. The molecule has 1 amide bonds. The molecule has 0 saturated carbocycles. The van der Waals surface area contributed by atoms with Gasteiger partial charge in [0.2, 0.25) is 5.91 Å². The molecule has 2 atom stereocenters. The Morgan fingerprint density at radius 1 is 1.24 bits per heavy atom. The van der Waals surface area contributed by atoms with Crippen molar-refractivity contribution in [2.45, 2.75) is 52.3 Å². The van der Waals surface area contributed by atoms with E-state index in [-0.39, 0.29) is 18.1 Å². The molecule has 0 spiro atoms. The topological polar surface area (TPSA) is 32.8 Å². The summed E-state index contributed by atoms with van der Waals surface area (Å²) in [5, 5.41) is 0. The maximum atomic E-state index is 12.0. The van der Waals surface area contributed by atoms with Crippen LogP contribution in [-0.4, -0.2) is 60.1 Å². The number of nitrogens with zero attached hydrogens (tertiary/aromatic N) is 2. The number of ether oxygens (including phenoxy) is 1. The van der Waals surface area contributed by atoms with Crippen molar-refractivity contribution in [1.29, 1.82) is 0 Å². The van der Waals surface area contributed by atoms with Crippen molar-refractivity contribution in [1.82, 2.24) is 9.80 Å². The molecule has 1 rings (SSSR count). The molecule has 1 aliphatic rings. The highest BCUT2D eigenvalue weighted by atomic mass is 16.5. The van der Waals surface area contributed by atoms with Crippen molar-refractivity contribution < 1.29 is 9.53 Å². The molecule has 0 radical (unpaired) electrons. The summed E-state index contributed by atoms with van der Waals surface area (Å²) in [5.41, 5.74) is -0.251. The molecule has 0 N–H and O–H groups in total. The van der Waals surface area contributed by atoms with E-state index in [9.17, 15) is 4.79 Å². The van der Waals surface area contributed by atoms with Crippen molar-refractivity contribution in [3.63, 3.8) is 0 Å². The fraction of sp³-hybridized carbons (Fsp3) is 0.923. The summed E-state index contributed by atoms with van der Waals surface area (Å²) >= 11 is 0. The molecule has 17 heavy (non-hydrogen) atoms. The van der Waals surface area contributed by atoms with Gasteiger partial charge in [0.05, 0.1) is 5.60 Å². The lowest BCUT2D eigenvalue weighted by atomic mass is 10.1. The minimum atomic E-state index is -0.251. The van der Waals surface area contributed by atoms with E-state index in [1.165, 1.54) is 0 Å². The molecule has 0 bridgehead atoms. The minimum absolute atomic E-state index is 0.103. The van der Waals surface area contributed by atoms with Gasteiger partial charge in [0, 0.05) is 25.2 Å². The van der Waals surface area contributed by atoms with Crippen molar-refractivity contribution >= 4 is 5.91 Å². The van der Waals surface area contributed by atoms with E-state index in [2.05, 4.69) is 25.8 Å². The number of likely N-dealkylation sites (N-methyl/N-ethyl adjacent to an activating group) is 1. The molecule has 0 aromatic carbocycles. The predicted octanol–water partition coefficient (Wildman–Crippen LogP) is 1.35. The third-order valence-electron chi connectivity index (χ3n) is 3.34. The van der Waals surface area contributed by atoms with Gasteiger partial charge in [0.1, 0.15) is 6.61 Å². The molecule has 2 unspecified atom stereocenters. The number of carbonyl (C=O) groups is 1. The predicted molar refractivity (Wildman–Crippen MR) is 69.0 cm³/mol. The molecule has 0 aliphatic carbocycles. The standard InChI is InChI=1S/C13H26N2O2/c1-10-7-15(8-11(2)14(10)6)12(16)9-17-13(3,4)5/h10-11H,7-9H2,1-6H3. The second kappa shape index (κ2) is 5.36. The third kappa shape index (κ3) is 4.28. The Hall–Kier alpha value is -0.610. The minimum Gasteiger partial charge on any atom is -0.366 e. The first kappa shape index (κ1) is 14.5. The van der Waals surface area contributed by atoms with Crippen LogP contribution in [0.1, 0.15) is 34.6 Å². The average molecular weight is 242 g/mol. The van der Waals surface area contributed by atoms with E-state index in [0.717, 1.165) is 13.1 Å². The van der Waals surface area contributed by atoms with Gasteiger partial charge in [0.25, 0.3) is 0 Å². The van der Waals surface area contributed by atoms with Crippen molar-refractivity contribution in [2.24, 2.45) is 0 Å². The van der Waals surface area contributed by atoms with Gasteiger partial charge in [-0.15, -0.1) is 0 Å². The zero-order valence-corrected chi connectivity index (χ0v) is 12.0. The molecule has 0 aromatic rings. The summed E-state index contributed by atoms with van der Waals surface area (Å²) in [7, 11) is 2.11. The fourth-order valence-corrected chi connectivity index (χ4v) is 1.98. The summed E-state index contributed by atoms with van der Waals surface area (Å²) in [4.78, 5) is 16.3. The highest BCUT2D eigenvalue weighted by Gasteiger charge is 2.29. The van der Waals surface area contributed by atoms with E-state index < -0.39 is 0 Å². The lowest BCUT2D eigenvalue weighted by Crippen LogP contribution is -2.57. The van der Waals surface area contributed by atoms with Crippen LogP contribution in [0.5, 0.6) is 0 Å². The number of hydrogen-bond donors (Lipinski definition) is 0. The van der Waals surface area contributed by atoms with Crippen LogP contribution in [0.15, 0.2) is 0 Å². The van der Waals surface area contributed by atoms with Crippen molar-refractivity contribution in [3.05, 3.63) is 0 Å². The van der Waals surface area contributed by atoms with E-state index in [1.54, 1.807) is 0 Å². The molecule has 4 heteroatoms. The lowest BCUT2D eigenvalue weighted by Gasteiger charge is -2.42. The maximum absolute atomic E-state index is 12.0. The Labute approximate surface area is 105 Å². The van der Waals surface area contributed by atoms with E-state index in [4.69, 9.17) is 4.74 Å². The zero-order valence-electron chi connectivity index (χ0n) is 12.0. The molecule has 1 fully saturated rings. The van der Waals surface area contributed by atoms with Crippen LogP contribution in [0.3, 0.4) is 0 Å². The van der Waals surface area contributed by atoms with Gasteiger partial charge < -0.3 is 9.64 Å². The number of rotatable bonds is 2. The molecule has 0 aromatic heterocycles. The first-order valence-corrected chi connectivity index (χ1v) is 6.34. The van der Waals surface area contributed by atoms with Crippen LogP contribution in [-0.2, 0) is 9.53 Å². The van der Waals surface area contributed by atoms with E-state index in [0.29, 0.717) is 12.1 Å². The van der Waals surface area contributed by atoms with Crippen molar-refractivity contribution in [3.8, 4) is 0 Å². The van der Waals surface area contributed by atoms with Crippen LogP contribution < -0.4 is 0 Å². The Balaban J connectivity index is 2.48. The highest BCUT2D eigenvalue weighted by molar-refractivity contribution is 5.77. The average Bonchev–Trinajstić information content (AvgIpc) is 2.20. The quantitative estimate of drug-likeness (QED) is 0.733. The van der Waals surface area contributed by atoms with Crippen molar-refractivity contribution in [2.75, 3.05) is 26.7 Å². The van der Waals surface area contributed by atoms with Gasteiger partial charge in [0.15, 0.2) is 0 Å². The van der Waals surface area contributed by atoms with Crippen LogP contribution in [0, 0.1) is 0 Å². The maximum Gasteiger partial charge on any atom is 0.248 e. The Morgan fingerprint density at radius 2 is 1.71 bits per heavy atom. The number of carbonyl (C=O) groups excluding carboxylic acids is 1. The van der Waals surface area contributed by atoms with Gasteiger partial charge in [-0.3, -0.25) is 9.69 Å². The van der Waals surface area contributed by atoms with Gasteiger partial charge in [-0.05, 0) is 41.7 Å². The zero-order chi connectivity index (χ0) is 13.2. The van der Waals surface area contributed by atoms with Gasteiger partial charge in [-0.2, -0.15) is 0 Å². The molecule has 1 aliphatic heterocycles. The number of amides is 1. The van der Waals surface area contributed by atoms with E-state index in [1.807, 2.05) is 25.7 Å². The highest BCUT2D eigenvalue weighted by Crippen LogP contribution is 2.14. The molecule has 1 saturated heterocycles. The van der Waals surface area contributed by atoms with Crippen LogP contribution in [0.4, 0.5) is 0 Å². The van der Waals surface area contributed by atoms with Gasteiger partial charge in [-0.1, -0.05) is 0 Å². The summed E-state index contributed by atoms with van der Waals surface area (Å²) in [6.45, 7) is 12.0. The molecule has 4 nitrogen and oxygen atoms in total. The van der Waals surface area contributed by atoms with Gasteiger partial charge in [-0.25, -0.2) is 0 Å². The largest absolute Gasteiger partial charge is 0.366 e. The van der Waals surface area contributed by atoms with Crippen LogP contribution in [0.2, 0.25) is 0 Å². The van der Waals surface area contributed by atoms with Gasteiger partial charge >= 0.3 is 0 Å². The van der Waals surface area contributed by atoms with Crippen LogP contribution in [0.25, 0.3) is 0 Å². The molecular formula is C13H26N2O2. The summed E-state index contributed by atoms with van der Waals surface area (Å²) in [6.07, 6.45) is 0. The normalized spacial score (nSPS) is 27.3. The molecule has 1 heterocycles. The van der Waals surface area contributed by atoms with E-state index >= 15 is 0 Å². The fourth-order valence-electron chi connectivity index (χ4n) is 1.98. The second-order valence-electron chi connectivity index (χ2n) is 6.06. The Kier molecular flexibility index (Phi) is 4.55. The smallest absolute Gasteiger partial charge is 0.248 e. The number of hydrogen-bond acceptors (Lipinski definition) is 3. The second-order valence-corrected chi connectivity index (χ2v) is 6.06. The summed E-state index contributed by atoms with van der Waals surface area (Å²) < 4.78 is 5.54. The monoisotopic (exact) mass is 242 g/mol. The molecular weight excluding hydrogens is 216 g/mol. The SMILES string of the molecule is CC1CN(C(=O)COC(C)(C)C)CC(C)N1C. The van der Waals surface area contributed by atoms with Crippen LogP contribution >= 0.6 is 0 Å². The first-order chi connectivity index (χ1) is 7.70. The molecule has 100 valence electrons. The summed E-state index contributed by atoms with van der Waals surface area (Å²) in [5.74, 6) is 0.103. The third-order valence-corrected chi connectivity index (χ3v) is 3.34. The summed E-state index contributed by atoms with van der Waals surface area (Å²) in [6, 6.07) is 0.828.